The fourth-order valence-electron chi connectivity index (χ4n) is 2.14. The lowest BCUT2D eigenvalue weighted by Crippen LogP contribution is -2.08. The van der Waals surface area contributed by atoms with Crippen LogP contribution in [0, 0.1) is 6.92 Å². The smallest absolute Gasteiger partial charge is 0.188 e. The third-order valence-electron chi connectivity index (χ3n) is 3.23. The molecule has 0 aliphatic carbocycles. The van der Waals surface area contributed by atoms with E-state index in [9.17, 15) is 5.11 Å². The van der Waals surface area contributed by atoms with E-state index in [1.807, 2.05) is 19.1 Å². The zero-order valence-electron chi connectivity index (χ0n) is 13.0. The number of hydrogen-bond donors (Lipinski definition) is 1. The Morgan fingerprint density at radius 2 is 2.10 bits per heavy atom. The SMILES string of the molecule is COCOc1cc(C)ccc1[C@@H](CO)CCC=C(C)C. The summed E-state index contributed by atoms with van der Waals surface area (Å²) in [6.45, 7) is 6.56. The van der Waals surface area contributed by atoms with E-state index in [-0.39, 0.29) is 19.3 Å². The van der Waals surface area contributed by atoms with E-state index in [1.54, 1.807) is 7.11 Å². The van der Waals surface area contributed by atoms with E-state index in [0.717, 1.165) is 29.7 Å². The molecule has 0 aliphatic rings. The van der Waals surface area contributed by atoms with Crippen LogP contribution in [-0.2, 0) is 4.74 Å². The zero-order valence-corrected chi connectivity index (χ0v) is 13.0. The average molecular weight is 278 g/mol. The molecule has 0 spiro atoms. The summed E-state index contributed by atoms with van der Waals surface area (Å²) in [5, 5.41) is 9.66. The van der Waals surface area contributed by atoms with Gasteiger partial charge in [-0.15, -0.1) is 0 Å². The first-order valence-electron chi connectivity index (χ1n) is 7.05. The molecule has 20 heavy (non-hydrogen) atoms. The molecule has 0 unspecified atom stereocenters. The summed E-state index contributed by atoms with van der Waals surface area (Å²) in [5.41, 5.74) is 3.50. The number of benzene rings is 1. The van der Waals surface area contributed by atoms with Gasteiger partial charge >= 0.3 is 0 Å². The van der Waals surface area contributed by atoms with Crippen LogP contribution < -0.4 is 4.74 Å². The Labute approximate surface area is 122 Å². The van der Waals surface area contributed by atoms with Crippen molar-refractivity contribution in [3.05, 3.63) is 41.0 Å². The van der Waals surface area contributed by atoms with Crippen LogP contribution >= 0.6 is 0 Å². The number of allylic oxidation sites excluding steroid dienone is 2. The highest BCUT2D eigenvalue weighted by Crippen LogP contribution is 2.31. The molecule has 0 aromatic heterocycles. The molecule has 1 atom stereocenters. The quantitative estimate of drug-likeness (QED) is 0.580. The van der Waals surface area contributed by atoms with Crippen molar-refractivity contribution >= 4 is 0 Å². The van der Waals surface area contributed by atoms with E-state index in [2.05, 4.69) is 26.0 Å². The lowest BCUT2D eigenvalue weighted by molar-refractivity contribution is 0.0498. The molecular formula is C17H26O3. The number of aliphatic hydroxyl groups excluding tert-OH is 1. The van der Waals surface area contributed by atoms with Crippen molar-refractivity contribution < 1.29 is 14.6 Å². The molecule has 1 aromatic rings. The van der Waals surface area contributed by atoms with Gasteiger partial charge in [0.2, 0.25) is 0 Å². The van der Waals surface area contributed by atoms with E-state index in [1.165, 1.54) is 5.57 Å². The van der Waals surface area contributed by atoms with Crippen molar-refractivity contribution in [1.29, 1.82) is 0 Å². The molecule has 0 bridgehead atoms. The summed E-state index contributed by atoms with van der Waals surface area (Å²) in [5.74, 6) is 0.904. The predicted molar refractivity (Wildman–Crippen MR) is 82.2 cm³/mol. The van der Waals surface area contributed by atoms with Gasteiger partial charge in [-0.2, -0.15) is 0 Å². The number of hydrogen-bond acceptors (Lipinski definition) is 3. The van der Waals surface area contributed by atoms with Crippen LogP contribution in [0.15, 0.2) is 29.8 Å². The second-order valence-corrected chi connectivity index (χ2v) is 5.33. The van der Waals surface area contributed by atoms with Gasteiger partial charge in [0.25, 0.3) is 0 Å². The molecule has 1 rings (SSSR count). The van der Waals surface area contributed by atoms with E-state index < -0.39 is 0 Å². The Morgan fingerprint density at radius 1 is 1.35 bits per heavy atom. The Balaban J connectivity index is 2.86. The monoisotopic (exact) mass is 278 g/mol. The first-order chi connectivity index (χ1) is 9.58. The third-order valence-corrected chi connectivity index (χ3v) is 3.23. The first-order valence-corrected chi connectivity index (χ1v) is 7.05. The lowest BCUT2D eigenvalue weighted by atomic mass is 9.93. The van der Waals surface area contributed by atoms with Gasteiger partial charge in [-0.05, 0) is 50.8 Å². The molecule has 3 nitrogen and oxygen atoms in total. The third kappa shape index (κ3) is 5.35. The highest BCUT2D eigenvalue weighted by molar-refractivity contribution is 5.39. The summed E-state index contributed by atoms with van der Waals surface area (Å²) >= 11 is 0. The van der Waals surface area contributed by atoms with Gasteiger partial charge in [0.15, 0.2) is 6.79 Å². The lowest BCUT2D eigenvalue weighted by Gasteiger charge is -2.18. The molecule has 1 aromatic carbocycles. The molecule has 0 fully saturated rings. The van der Waals surface area contributed by atoms with E-state index >= 15 is 0 Å². The largest absolute Gasteiger partial charge is 0.467 e. The van der Waals surface area contributed by atoms with Crippen molar-refractivity contribution in [1.82, 2.24) is 0 Å². The van der Waals surface area contributed by atoms with Crippen LogP contribution in [0.25, 0.3) is 0 Å². The summed E-state index contributed by atoms with van der Waals surface area (Å²) < 4.78 is 10.6. The Bertz CT molecular complexity index is 434. The van der Waals surface area contributed by atoms with Crippen LogP contribution in [0.3, 0.4) is 0 Å². The maximum atomic E-state index is 9.66. The normalized spacial score (nSPS) is 12.1. The Morgan fingerprint density at radius 3 is 2.70 bits per heavy atom. The Hall–Kier alpha value is -1.32. The van der Waals surface area contributed by atoms with E-state index in [0.29, 0.717) is 0 Å². The van der Waals surface area contributed by atoms with Crippen LogP contribution in [0.5, 0.6) is 5.75 Å². The van der Waals surface area contributed by atoms with Gasteiger partial charge in [0.05, 0.1) is 6.61 Å². The maximum absolute atomic E-state index is 9.66. The molecule has 0 saturated heterocycles. The number of aliphatic hydroxyl groups is 1. The molecule has 0 heterocycles. The van der Waals surface area contributed by atoms with Crippen molar-refractivity contribution in [2.45, 2.75) is 39.5 Å². The summed E-state index contributed by atoms with van der Waals surface area (Å²) in [7, 11) is 1.60. The summed E-state index contributed by atoms with van der Waals surface area (Å²) in [4.78, 5) is 0. The molecule has 1 N–H and O–H groups in total. The topological polar surface area (TPSA) is 38.7 Å². The van der Waals surface area contributed by atoms with Crippen molar-refractivity contribution in [3.8, 4) is 5.75 Å². The van der Waals surface area contributed by atoms with E-state index in [4.69, 9.17) is 9.47 Å². The minimum absolute atomic E-state index is 0.0954. The van der Waals surface area contributed by atoms with Crippen molar-refractivity contribution in [2.24, 2.45) is 0 Å². The number of methoxy groups -OCH3 is 1. The molecule has 0 aliphatic heterocycles. The molecule has 0 amide bonds. The summed E-state index contributed by atoms with van der Waals surface area (Å²) in [6, 6.07) is 6.10. The minimum atomic E-state index is 0.0954. The van der Waals surface area contributed by atoms with Gasteiger partial charge in [0.1, 0.15) is 5.75 Å². The van der Waals surface area contributed by atoms with Crippen LogP contribution in [0.1, 0.15) is 43.7 Å². The van der Waals surface area contributed by atoms with Gasteiger partial charge in [-0.1, -0.05) is 23.8 Å². The summed E-state index contributed by atoms with van der Waals surface area (Å²) in [6.07, 6.45) is 4.08. The van der Waals surface area contributed by atoms with Crippen LogP contribution in [0.4, 0.5) is 0 Å². The Kier molecular flexibility index (Phi) is 7.34. The van der Waals surface area contributed by atoms with Crippen molar-refractivity contribution in [2.75, 3.05) is 20.5 Å². The molecule has 3 heteroatoms. The second kappa shape index (κ2) is 8.77. The predicted octanol–water partition coefficient (Wildman–Crippen LogP) is 3.80. The maximum Gasteiger partial charge on any atom is 0.188 e. The van der Waals surface area contributed by atoms with Gasteiger partial charge in [-0.3, -0.25) is 0 Å². The fourth-order valence-corrected chi connectivity index (χ4v) is 2.14. The standard InChI is InChI=1S/C17H26O3/c1-13(2)6-5-7-15(11-18)16-9-8-14(3)10-17(16)20-12-19-4/h6,8-10,15,18H,5,7,11-12H2,1-4H3/t15-/m1/s1. The van der Waals surface area contributed by atoms with Gasteiger partial charge in [0, 0.05) is 13.0 Å². The molecule has 0 radical (unpaired) electrons. The number of ether oxygens (including phenoxy) is 2. The highest BCUT2D eigenvalue weighted by atomic mass is 16.7. The molecule has 112 valence electrons. The fraction of sp³-hybridized carbons (Fsp3) is 0.529. The zero-order chi connectivity index (χ0) is 15.0. The number of aryl methyl sites for hydroxylation is 1. The highest BCUT2D eigenvalue weighted by Gasteiger charge is 2.15. The first kappa shape index (κ1) is 16.7. The van der Waals surface area contributed by atoms with Crippen LogP contribution in [0.2, 0.25) is 0 Å². The average Bonchev–Trinajstić information content (AvgIpc) is 2.42. The van der Waals surface area contributed by atoms with Crippen LogP contribution in [-0.4, -0.2) is 25.6 Å². The van der Waals surface area contributed by atoms with Gasteiger partial charge in [-0.25, -0.2) is 0 Å². The minimum Gasteiger partial charge on any atom is -0.467 e. The van der Waals surface area contributed by atoms with Gasteiger partial charge < -0.3 is 14.6 Å². The molecular weight excluding hydrogens is 252 g/mol. The molecule has 0 saturated carbocycles. The second-order valence-electron chi connectivity index (χ2n) is 5.33. The number of rotatable bonds is 8. The van der Waals surface area contributed by atoms with Crippen molar-refractivity contribution in [3.63, 3.8) is 0 Å².